The van der Waals surface area contributed by atoms with Crippen LogP contribution in [0.4, 0.5) is 5.69 Å². The number of hydrogen-bond acceptors (Lipinski definition) is 6. The average molecular weight is 412 g/mol. The highest BCUT2D eigenvalue weighted by Gasteiger charge is 2.25. The molecule has 1 aliphatic carbocycles. The molecule has 1 saturated carbocycles. The van der Waals surface area contributed by atoms with Crippen molar-refractivity contribution in [3.8, 4) is 5.75 Å². The highest BCUT2D eigenvalue weighted by Crippen LogP contribution is 2.33. The molecule has 2 aliphatic rings. The molecule has 7 heteroatoms. The molecule has 1 aromatic heterocycles. The van der Waals surface area contributed by atoms with Gasteiger partial charge in [0, 0.05) is 42.7 Å². The smallest absolute Gasteiger partial charge is 0.149 e. The molecular formula is C23H33N5O2. The Morgan fingerprint density at radius 3 is 2.50 bits per heavy atom. The van der Waals surface area contributed by atoms with Crippen LogP contribution in [0, 0.1) is 5.41 Å². The summed E-state index contributed by atoms with van der Waals surface area (Å²) in [5, 5.41) is 0. The summed E-state index contributed by atoms with van der Waals surface area (Å²) in [6, 6.07) is 4.51. The van der Waals surface area contributed by atoms with Gasteiger partial charge in [-0.05, 0) is 31.7 Å². The maximum absolute atomic E-state index is 6.48. The Morgan fingerprint density at radius 2 is 1.80 bits per heavy atom. The van der Waals surface area contributed by atoms with Gasteiger partial charge in [-0.15, -0.1) is 0 Å². The van der Waals surface area contributed by atoms with E-state index in [0.29, 0.717) is 6.04 Å². The van der Waals surface area contributed by atoms with Gasteiger partial charge >= 0.3 is 0 Å². The predicted molar refractivity (Wildman–Crippen MR) is 120 cm³/mol. The Hall–Kier alpha value is -2.41. The van der Waals surface area contributed by atoms with Gasteiger partial charge in [-0.25, -0.2) is 4.98 Å². The van der Waals surface area contributed by atoms with E-state index in [1.807, 2.05) is 0 Å². The third kappa shape index (κ3) is 4.83. The number of fused-ring (bicyclic) bond motifs is 1. The van der Waals surface area contributed by atoms with Gasteiger partial charge in [0.25, 0.3) is 0 Å². The molecule has 0 amide bonds. The van der Waals surface area contributed by atoms with Crippen LogP contribution in [0.15, 0.2) is 29.5 Å². The number of nitrogens with two attached hydrogens (primary N) is 1. The molecule has 2 aromatic rings. The second-order valence-corrected chi connectivity index (χ2v) is 9.28. The Morgan fingerprint density at radius 1 is 1.10 bits per heavy atom. The van der Waals surface area contributed by atoms with Crippen LogP contribution < -0.4 is 15.4 Å². The molecule has 2 fully saturated rings. The Balaban J connectivity index is 1.49. The van der Waals surface area contributed by atoms with Crippen LogP contribution in [0.1, 0.15) is 46.5 Å². The van der Waals surface area contributed by atoms with Gasteiger partial charge in [0.05, 0.1) is 36.7 Å². The molecule has 0 unspecified atom stereocenters. The van der Waals surface area contributed by atoms with E-state index in [-0.39, 0.29) is 11.5 Å². The van der Waals surface area contributed by atoms with Crippen molar-refractivity contribution in [2.24, 2.45) is 16.1 Å². The maximum Gasteiger partial charge on any atom is 0.149 e. The van der Waals surface area contributed by atoms with Gasteiger partial charge in [-0.2, -0.15) is 0 Å². The lowest BCUT2D eigenvalue weighted by atomic mass is 9.91. The minimum atomic E-state index is -0.0785. The minimum absolute atomic E-state index is 0.0785. The van der Waals surface area contributed by atoms with Crippen molar-refractivity contribution in [2.45, 2.75) is 58.6 Å². The van der Waals surface area contributed by atoms with E-state index in [1.165, 1.54) is 0 Å². The molecule has 1 aromatic carbocycles. The molecule has 162 valence electrons. The molecule has 0 spiro atoms. The number of hydrogen-bond donors (Lipinski definition) is 1. The van der Waals surface area contributed by atoms with Gasteiger partial charge in [-0.3, -0.25) is 9.98 Å². The number of rotatable bonds is 4. The lowest BCUT2D eigenvalue weighted by Crippen LogP contribution is -2.36. The number of amidine groups is 1. The third-order valence-corrected chi connectivity index (χ3v) is 5.93. The van der Waals surface area contributed by atoms with E-state index in [4.69, 9.17) is 20.2 Å². The van der Waals surface area contributed by atoms with Crippen molar-refractivity contribution in [3.63, 3.8) is 0 Å². The summed E-state index contributed by atoms with van der Waals surface area (Å²) in [6.45, 7) is 9.57. The first-order valence-electron chi connectivity index (χ1n) is 11.0. The van der Waals surface area contributed by atoms with Crippen LogP contribution >= 0.6 is 0 Å². The Bertz CT molecular complexity index is 894. The summed E-state index contributed by atoms with van der Waals surface area (Å²) < 4.78 is 12.0. The summed E-state index contributed by atoms with van der Waals surface area (Å²) >= 11 is 0. The molecule has 30 heavy (non-hydrogen) atoms. The fraction of sp³-hybridized carbons (Fsp3) is 0.609. The second-order valence-electron chi connectivity index (χ2n) is 9.28. The summed E-state index contributed by atoms with van der Waals surface area (Å²) in [6.07, 6.45) is 7.55. The van der Waals surface area contributed by atoms with E-state index >= 15 is 0 Å². The zero-order valence-corrected chi connectivity index (χ0v) is 18.3. The molecule has 2 N–H and O–H groups in total. The molecule has 0 radical (unpaired) electrons. The number of aliphatic imine (C=N–C) groups is 1. The van der Waals surface area contributed by atoms with Crippen molar-refractivity contribution < 1.29 is 9.47 Å². The van der Waals surface area contributed by atoms with E-state index in [0.717, 1.165) is 80.3 Å². The van der Waals surface area contributed by atoms with E-state index < -0.39 is 0 Å². The average Bonchev–Trinajstić information content (AvgIpc) is 2.75. The number of benzene rings is 1. The summed E-state index contributed by atoms with van der Waals surface area (Å²) in [7, 11) is 0. The van der Waals surface area contributed by atoms with Gasteiger partial charge in [0.2, 0.25) is 0 Å². The van der Waals surface area contributed by atoms with Crippen molar-refractivity contribution >= 4 is 22.6 Å². The van der Waals surface area contributed by atoms with E-state index in [1.54, 1.807) is 12.4 Å². The van der Waals surface area contributed by atoms with Gasteiger partial charge in [0.1, 0.15) is 11.3 Å². The predicted octanol–water partition coefficient (Wildman–Crippen LogP) is 3.56. The zero-order chi connectivity index (χ0) is 21.1. The molecule has 7 nitrogen and oxygen atoms in total. The first-order valence-corrected chi connectivity index (χ1v) is 11.0. The highest BCUT2D eigenvalue weighted by molar-refractivity contribution is 5.86. The topological polar surface area (TPSA) is 85.9 Å². The molecule has 4 rings (SSSR count). The van der Waals surface area contributed by atoms with Crippen molar-refractivity contribution in [1.29, 1.82) is 0 Å². The number of anilines is 1. The molecular weight excluding hydrogens is 378 g/mol. The lowest BCUT2D eigenvalue weighted by molar-refractivity contribution is 0.122. The van der Waals surface area contributed by atoms with Crippen molar-refractivity contribution in [2.75, 3.05) is 31.2 Å². The van der Waals surface area contributed by atoms with Crippen molar-refractivity contribution in [3.05, 3.63) is 24.5 Å². The van der Waals surface area contributed by atoms with Crippen LogP contribution in [0.5, 0.6) is 5.75 Å². The standard InChI is InChI=1S/C23H33N5O2/c1-23(2,3)22(24)27-16-4-6-18(7-5-16)30-20-15-17(28-10-12-29-13-11-28)14-19-21(20)26-9-8-25-19/h8-9,14-16,18H,4-7,10-13H2,1-3H3,(H2,24,27). The largest absolute Gasteiger partial charge is 0.488 e. The summed E-state index contributed by atoms with van der Waals surface area (Å²) in [5.41, 5.74) is 8.92. The van der Waals surface area contributed by atoms with Gasteiger partial charge < -0.3 is 20.1 Å². The van der Waals surface area contributed by atoms with Gasteiger partial charge in [0.15, 0.2) is 0 Å². The first-order chi connectivity index (χ1) is 14.4. The maximum atomic E-state index is 6.48. The lowest BCUT2D eigenvalue weighted by Gasteiger charge is -2.31. The summed E-state index contributed by atoms with van der Waals surface area (Å²) in [5.74, 6) is 1.56. The fourth-order valence-electron chi connectivity index (χ4n) is 3.98. The van der Waals surface area contributed by atoms with Crippen LogP contribution in [0.3, 0.4) is 0 Å². The normalized spacial score (nSPS) is 23.6. The van der Waals surface area contributed by atoms with Crippen LogP contribution in [-0.2, 0) is 4.74 Å². The quantitative estimate of drug-likeness (QED) is 0.612. The summed E-state index contributed by atoms with van der Waals surface area (Å²) in [4.78, 5) is 16.2. The SMILES string of the molecule is CC(C)(C)C(N)=NC1CCC(Oc2cc(N3CCOCC3)cc3nccnc23)CC1. The van der Waals surface area contributed by atoms with E-state index in [9.17, 15) is 0 Å². The number of ether oxygens (including phenoxy) is 2. The van der Waals surface area contributed by atoms with Crippen LogP contribution in [0.2, 0.25) is 0 Å². The number of morpholine rings is 1. The molecule has 0 atom stereocenters. The Labute approximate surface area is 178 Å². The monoisotopic (exact) mass is 411 g/mol. The zero-order valence-electron chi connectivity index (χ0n) is 18.3. The molecule has 2 heterocycles. The number of aromatic nitrogens is 2. The number of nitrogens with zero attached hydrogens (tertiary/aromatic N) is 4. The Kier molecular flexibility index (Phi) is 6.09. The van der Waals surface area contributed by atoms with Crippen LogP contribution in [0.25, 0.3) is 11.0 Å². The third-order valence-electron chi connectivity index (χ3n) is 5.93. The van der Waals surface area contributed by atoms with Crippen molar-refractivity contribution in [1.82, 2.24) is 9.97 Å². The minimum Gasteiger partial charge on any atom is -0.488 e. The second kappa shape index (κ2) is 8.76. The molecule has 1 saturated heterocycles. The molecule has 1 aliphatic heterocycles. The first kappa shape index (κ1) is 20.8. The fourth-order valence-corrected chi connectivity index (χ4v) is 3.98. The molecule has 0 bridgehead atoms. The van der Waals surface area contributed by atoms with Crippen LogP contribution in [-0.4, -0.2) is 54.3 Å². The van der Waals surface area contributed by atoms with Gasteiger partial charge in [-0.1, -0.05) is 20.8 Å². The highest BCUT2D eigenvalue weighted by atomic mass is 16.5. The van der Waals surface area contributed by atoms with E-state index in [2.05, 4.69) is 47.8 Å².